The molecule has 0 aliphatic rings. The van der Waals surface area contributed by atoms with E-state index < -0.39 is 6.29 Å². The molecule has 1 amide bonds. The van der Waals surface area contributed by atoms with E-state index >= 15 is 0 Å². The maximum atomic E-state index is 11.9. The summed E-state index contributed by atoms with van der Waals surface area (Å²) in [6.07, 6.45) is -0.479. The van der Waals surface area contributed by atoms with Crippen molar-refractivity contribution in [3.05, 3.63) is 28.8 Å². The highest BCUT2D eigenvalue weighted by Gasteiger charge is 2.14. The van der Waals surface area contributed by atoms with Gasteiger partial charge in [-0.2, -0.15) is 0 Å². The molecular formula is C12H16ClNO4. The van der Waals surface area contributed by atoms with Gasteiger partial charge in [0.05, 0.1) is 19.2 Å². The first-order valence-electron chi connectivity index (χ1n) is 5.29. The highest BCUT2D eigenvalue weighted by molar-refractivity contribution is 6.30. The van der Waals surface area contributed by atoms with Crippen molar-refractivity contribution >= 4 is 17.5 Å². The largest absolute Gasteiger partial charge is 0.496 e. The lowest BCUT2D eigenvalue weighted by atomic mass is 10.2. The van der Waals surface area contributed by atoms with E-state index in [0.29, 0.717) is 16.3 Å². The topological polar surface area (TPSA) is 56.8 Å². The number of methoxy groups -OCH3 is 3. The molecule has 0 heterocycles. The van der Waals surface area contributed by atoms with E-state index in [1.807, 2.05) is 0 Å². The van der Waals surface area contributed by atoms with Gasteiger partial charge in [-0.05, 0) is 18.2 Å². The minimum atomic E-state index is -0.479. The van der Waals surface area contributed by atoms with Crippen LogP contribution in [0.15, 0.2) is 18.2 Å². The molecule has 0 aliphatic carbocycles. The Labute approximate surface area is 111 Å². The van der Waals surface area contributed by atoms with Crippen molar-refractivity contribution in [3.8, 4) is 5.75 Å². The number of amides is 1. The zero-order valence-corrected chi connectivity index (χ0v) is 11.3. The normalized spacial score (nSPS) is 10.5. The number of carbonyl (C=O) groups excluding carboxylic acids is 1. The fourth-order valence-corrected chi connectivity index (χ4v) is 1.55. The van der Waals surface area contributed by atoms with E-state index in [2.05, 4.69) is 5.32 Å². The summed E-state index contributed by atoms with van der Waals surface area (Å²) >= 11 is 5.82. The summed E-state index contributed by atoms with van der Waals surface area (Å²) < 4.78 is 15.0. The van der Waals surface area contributed by atoms with E-state index in [0.717, 1.165) is 0 Å². The first kappa shape index (κ1) is 14.8. The van der Waals surface area contributed by atoms with Crippen LogP contribution < -0.4 is 10.1 Å². The van der Waals surface area contributed by atoms with Gasteiger partial charge in [0, 0.05) is 19.2 Å². The average Bonchev–Trinajstić information content (AvgIpc) is 2.39. The molecule has 1 N–H and O–H groups in total. The Bertz CT molecular complexity index is 407. The number of hydrogen-bond donors (Lipinski definition) is 1. The Morgan fingerprint density at radius 1 is 1.33 bits per heavy atom. The zero-order valence-electron chi connectivity index (χ0n) is 10.5. The summed E-state index contributed by atoms with van der Waals surface area (Å²) in [5, 5.41) is 3.19. The molecule has 0 fully saturated rings. The molecule has 0 saturated carbocycles. The van der Waals surface area contributed by atoms with Gasteiger partial charge in [0.25, 0.3) is 5.91 Å². The average molecular weight is 274 g/mol. The van der Waals surface area contributed by atoms with Crippen molar-refractivity contribution in [3.63, 3.8) is 0 Å². The van der Waals surface area contributed by atoms with Crippen LogP contribution in [-0.2, 0) is 9.47 Å². The third kappa shape index (κ3) is 3.87. The van der Waals surface area contributed by atoms with Gasteiger partial charge >= 0.3 is 0 Å². The van der Waals surface area contributed by atoms with Crippen LogP contribution in [0.4, 0.5) is 0 Å². The van der Waals surface area contributed by atoms with Gasteiger partial charge in [0.15, 0.2) is 6.29 Å². The molecule has 1 aromatic carbocycles. The molecule has 0 aliphatic heterocycles. The molecule has 0 radical (unpaired) electrons. The Kier molecular flexibility index (Phi) is 5.91. The van der Waals surface area contributed by atoms with Gasteiger partial charge < -0.3 is 19.5 Å². The van der Waals surface area contributed by atoms with Crippen LogP contribution in [0.3, 0.4) is 0 Å². The summed E-state index contributed by atoms with van der Waals surface area (Å²) in [5.74, 6) is 0.147. The van der Waals surface area contributed by atoms with Crippen LogP contribution >= 0.6 is 11.6 Å². The second-order valence-corrected chi connectivity index (χ2v) is 3.89. The first-order chi connectivity index (χ1) is 8.62. The molecule has 0 unspecified atom stereocenters. The highest BCUT2D eigenvalue weighted by Crippen LogP contribution is 2.22. The number of hydrogen-bond acceptors (Lipinski definition) is 4. The predicted octanol–water partition coefficient (Wildman–Crippen LogP) is 1.70. The maximum Gasteiger partial charge on any atom is 0.255 e. The Hall–Kier alpha value is -1.30. The van der Waals surface area contributed by atoms with Gasteiger partial charge in [-0.3, -0.25) is 4.79 Å². The summed E-state index contributed by atoms with van der Waals surface area (Å²) in [6.45, 7) is 0.248. The Balaban J connectivity index is 2.72. The standard InChI is InChI=1S/C12H16ClNO4/c1-16-10-6-8(13)4-5-9(10)12(15)14-7-11(17-2)18-3/h4-6,11H,7H2,1-3H3,(H,14,15). The van der Waals surface area contributed by atoms with Crippen molar-refractivity contribution in [2.24, 2.45) is 0 Å². The second kappa shape index (κ2) is 7.20. The molecule has 5 nitrogen and oxygen atoms in total. The summed E-state index contributed by atoms with van der Waals surface area (Å²) in [5.41, 5.74) is 0.410. The van der Waals surface area contributed by atoms with Crippen LogP contribution in [0.25, 0.3) is 0 Å². The van der Waals surface area contributed by atoms with Crippen molar-refractivity contribution in [1.82, 2.24) is 5.32 Å². The third-order valence-electron chi connectivity index (χ3n) is 2.36. The van der Waals surface area contributed by atoms with Crippen molar-refractivity contribution < 1.29 is 19.0 Å². The van der Waals surface area contributed by atoms with Crippen LogP contribution in [0, 0.1) is 0 Å². The zero-order chi connectivity index (χ0) is 13.5. The van der Waals surface area contributed by atoms with Crippen molar-refractivity contribution in [2.75, 3.05) is 27.9 Å². The van der Waals surface area contributed by atoms with E-state index in [4.69, 9.17) is 25.8 Å². The molecule has 1 rings (SSSR count). The summed E-state index contributed by atoms with van der Waals surface area (Å²) in [4.78, 5) is 11.9. The van der Waals surface area contributed by atoms with Crippen LogP contribution in [0.2, 0.25) is 5.02 Å². The van der Waals surface area contributed by atoms with E-state index in [1.54, 1.807) is 18.2 Å². The van der Waals surface area contributed by atoms with Crippen LogP contribution in [-0.4, -0.2) is 40.1 Å². The van der Waals surface area contributed by atoms with Crippen molar-refractivity contribution in [1.29, 1.82) is 0 Å². The molecular weight excluding hydrogens is 258 g/mol. The fraction of sp³-hybridized carbons (Fsp3) is 0.417. The van der Waals surface area contributed by atoms with E-state index in [-0.39, 0.29) is 12.5 Å². The van der Waals surface area contributed by atoms with Crippen molar-refractivity contribution in [2.45, 2.75) is 6.29 Å². The molecule has 1 aromatic rings. The third-order valence-corrected chi connectivity index (χ3v) is 2.60. The van der Waals surface area contributed by atoms with E-state index in [1.165, 1.54) is 21.3 Å². The lowest BCUT2D eigenvalue weighted by Crippen LogP contribution is -2.34. The number of ether oxygens (including phenoxy) is 3. The number of benzene rings is 1. The molecule has 0 aromatic heterocycles. The maximum absolute atomic E-state index is 11.9. The Morgan fingerprint density at radius 3 is 2.56 bits per heavy atom. The van der Waals surface area contributed by atoms with Crippen LogP contribution in [0.1, 0.15) is 10.4 Å². The number of carbonyl (C=O) groups is 1. The van der Waals surface area contributed by atoms with Gasteiger partial charge in [0.1, 0.15) is 5.75 Å². The molecule has 18 heavy (non-hydrogen) atoms. The first-order valence-corrected chi connectivity index (χ1v) is 5.67. The van der Waals surface area contributed by atoms with Gasteiger partial charge in [-0.25, -0.2) is 0 Å². The second-order valence-electron chi connectivity index (χ2n) is 3.46. The van der Waals surface area contributed by atoms with Crippen LogP contribution in [0.5, 0.6) is 5.75 Å². The van der Waals surface area contributed by atoms with Gasteiger partial charge in [-0.1, -0.05) is 11.6 Å². The lowest BCUT2D eigenvalue weighted by Gasteiger charge is -2.15. The molecule has 100 valence electrons. The SMILES string of the molecule is COc1cc(Cl)ccc1C(=O)NCC(OC)OC. The lowest BCUT2D eigenvalue weighted by molar-refractivity contribution is -0.0974. The molecule has 0 atom stereocenters. The quantitative estimate of drug-likeness (QED) is 0.802. The Morgan fingerprint density at radius 2 is 2.00 bits per heavy atom. The minimum absolute atomic E-state index is 0.248. The molecule has 6 heteroatoms. The number of nitrogens with one attached hydrogen (secondary N) is 1. The van der Waals surface area contributed by atoms with E-state index in [9.17, 15) is 4.79 Å². The molecule has 0 saturated heterocycles. The minimum Gasteiger partial charge on any atom is -0.496 e. The van der Waals surface area contributed by atoms with Gasteiger partial charge in [0.2, 0.25) is 0 Å². The summed E-state index contributed by atoms with van der Waals surface area (Å²) in [7, 11) is 4.49. The highest BCUT2D eigenvalue weighted by atomic mass is 35.5. The fourth-order valence-electron chi connectivity index (χ4n) is 1.39. The monoisotopic (exact) mass is 273 g/mol. The molecule has 0 bridgehead atoms. The smallest absolute Gasteiger partial charge is 0.255 e. The van der Waals surface area contributed by atoms with Gasteiger partial charge in [-0.15, -0.1) is 0 Å². The summed E-state index contributed by atoms with van der Waals surface area (Å²) in [6, 6.07) is 4.81. The number of rotatable bonds is 6. The number of halogens is 1. The predicted molar refractivity (Wildman–Crippen MR) is 68.1 cm³/mol. The molecule has 0 spiro atoms.